The van der Waals surface area contributed by atoms with Crippen LogP contribution in [0.25, 0.3) is 0 Å². The first-order valence-corrected chi connectivity index (χ1v) is 4.36. The Bertz CT molecular complexity index is 304. The van der Waals surface area contributed by atoms with Crippen molar-refractivity contribution >= 4 is 0 Å². The Hall–Kier alpha value is -1.13. The van der Waals surface area contributed by atoms with Crippen molar-refractivity contribution < 1.29 is 14.2 Å². The van der Waals surface area contributed by atoms with Crippen LogP contribution in [0.4, 0.5) is 4.39 Å². The zero-order valence-electron chi connectivity index (χ0n) is 8.03. The third-order valence-electron chi connectivity index (χ3n) is 1.96. The van der Waals surface area contributed by atoms with E-state index >= 15 is 0 Å². The van der Waals surface area contributed by atoms with Gasteiger partial charge in [-0.05, 0) is 30.2 Å². The van der Waals surface area contributed by atoms with Gasteiger partial charge in [0.05, 0.1) is 13.7 Å². The lowest BCUT2D eigenvalue weighted by Gasteiger charge is -2.11. The van der Waals surface area contributed by atoms with Crippen molar-refractivity contribution in [2.24, 2.45) is 5.73 Å². The van der Waals surface area contributed by atoms with E-state index in [1.807, 2.05) is 0 Å². The second-order valence-electron chi connectivity index (χ2n) is 3.10. The average Bonchev–Trinajstić information content (AvgIpc) is 2.18. The minimum atomic E-state index is -0.384. The number of hydrogen-bond donors (Lipinski definition) is 2. The van der Waals surface area contributed by atoms with Gasteiger partial charge >= 0.3 is 0 Å². The highest BCUT2D eigenvalue weighted by Gasteiger charge is 2.08. The molecule has 0 spiro atoms. The Kier molecular flexibility index (Phi) is 3.85. The van der Waals surface area contributed by atoms with Crippen LogP contribution in [-0.2, 0) is 6.42 Å². The van der Waals surface area contributed by atoms with E-state index in [1.165, 1.54) is 19.2 Å². The highest BCUT2D eigenvalue weighted by molar-refractivity contribution is 5.34. The third kappa shape index (κ3) is 2.68. The van der Waals surface area contributed by atoms with Crippen molar-refractivity contribution in [3.8, 4) is 5.75 Å². The first kappa shape index (κ1) is 10.9. The van der Waals surface area contributed by atoms with Crippen LogP contribution in [0.15, 0.2) is 18.2 Å². The molecule has 0 bridgehead atoms. The fourth-order valence-corrected chi connectivity index (χ4v) is 1.25. The zero-order valence-corrected chi connectivity index (χ0v) is 8.03. The van der Waals surface area contributed by atoms with Crippen molar-refractivity contribution in [1.29, 1.82) is 0 Å². The van der Waals surface area contributed by atoms with Crippen LogP contribution in [-0.4, -0.2) is 24.9 Å². The lowest BCUT2D eigenvalue weighted by Crippen LogP contribution is -2.27. The topological polar surface area (TPSA) is 55.5 Å². The Balaban J connectivity index is 2.87. The second kappa shape index (κ2) is 4.93. The molecule has 4 heteroatoms. The molecule has 0 heterocycles. The Morgan fingerprint density at radius 3 is 2.86 bits per heavy atom. The molecule has 0 amide bonds. The standard InChI is InChI=1S/C10H14FNO2/c1-14-10-3-2-8(11)4-7(10)5-9(12)6-13/h2-4,9,13H,5-6,12H2,1H3. The molecule has 0 aliphatic heterocycles. The number of nitrogens with two attached hydrogens (primary N) is 1. The van der Waals surface area contributed by atoms with Gasteiger partial charge in [-0.1, -0.05) is 0 Å². The van der Waals surface area contributed by atoms with Crippen molar-refractivity contribution in [3.63, 3.8) is 0 Å². The molecule has 1 atom stereocenters. The van der Waals surface area contributed by atoms with E-state index in [-0.39, 0.29) is 18.5 Å². The van der Waals surface area contributed by atoms with Crippen molar-refractivity contribution in [3.05, 3.63) is 29.6 Å². The Morgan fingerprint density at radius 1 is 1.57 bits per heavy atom. The second-order valence-corrected chi connectivity index (χ2v) is 3.10. The molecule has 1 unspecified atom stereocenters. The average molecular weight is 199 g/mol. The van der Waals surface area contributed by atoms with Crippen LogP contribution in [0.3, 0.4) is 0 Å². The van der Waals surface area contributed by atoms with E-state index in [1.54, 1.807) is 6.07 Å². The number of ether oxygens (including phenoxy) is 1. The van der Waals surface area contributed by atoms with Gasteiger partial charge in [0, 0.05) is 6.04 Å². The maximum atomic E-state index is 12.9. The number of aliphatic hydroxyl groups excluding tert-OH is 1. The third-order valence-corrected chi connectivity index (χ3v) is 1.96. The zero-order chi connectivity index (χ0) is 10.6. The molecule has 78 valence electrons. The van der Waals surface area contributed by atoms with Crippen LogP contribution in [0.5, 0.6) is 5.75 Å². The first-order valence-electron chi connectivity index (χ1n) is 4.36. The fourth-order valence-electron chi connectivity index (χ4n) is 1.25. The molecule has 1 aromatic rings. The van der Waals surface area contributed by atoms with E-state index in [9.17, 15) is 4.39 Å². The molecule has 0 fully saturated rings. The molecule has 0 radical (unpaired) electrons. The number of rotatable bonds is 4. The SMILES string of the molecule is COc1ccc(F)cc1CC(N)CO. The van der Waals surface area contributed by atoms with Gasteiger partial charge in [-0.15, -0.1) is 0 Å². The molecule has 0 aromatic heterocycles. The molecule has 14 heavy (non-hydrogen) atoms. The number of halogens is 1. The molecule has 1 aromatic carbocycles. The van der Waals surface area contributed by atoms with Crippen LogP contribution in [0.1, 0.15) is 5.56 Å². The maximum absolute atomic E-state index is 12.9. The highest BCUT2D eigenvalue weighted by atomic mass is 19.1. The fraction of sp³-hybridized carbons (Fsp3) is 0.400. The smallest absolute Gasteiger partial charge is 0.123 e. The molecular formula is C10H14FNO2. The summed E-state index contributed by atoms with van der Waals surface area (Å²) >= 11 is 0. The van der Waals surface area contributed by atoms with Crippen LogP contribution >= 0.6 is 0 Å². The summed E-state index contributed by atoms with van der Waals surface area (Å²) < 4.78 is 17.9. The molecule has 0 aliphatic rings. The summed E-state index contributed by atoms with van der Waals surface area (Å²) in [5.41, 5.74) is 6.23. The minimum Gasteiger partial charge on any atom is -0.496 e. The normalized spacial score (nSPS) is 12.6. The molecular weight excluding hydrogens is 185 g/mol. The summed E-state index contributed by atoms with van der Waals surface area (Å²) in [6.45, 7) is -0.125. The van der Waals surface area contributed by atoms with Crippen molar-refractivity contribution in [1.82, 2.24) is 0 Å². The van der Waals surface area contributed by atoms with E-state index in [0.717, 1.165) is 0 Å². The van der Waals surface area contributed by atoms with E-state index < -0.39 is 0 Å². The predicted octanol–water partition coefficient (Wildman–Crippen LogP) is 0.696. The molecule has 1 rings (SSSR count). The van der Waals surface area contributed by atoms with Gasteiger partial charge in [0.15, 0.2) is 0 Å². The number of methoxy groups -OCH3 is 1. The minimum absolute atomic E-state index is 0.125. The molecule has 0 saturated heterocycles. The summed E-state index contributed by atoms with van der Waals surface area (Å²) in [7, 11) is 1.52. The predicted molar refractivity (Wildman–Crippen MR) is 51.7 cm³/mol. The number of hydrogen-bond acceptors (Lipinski definition) is 3. The van der Waals surface area contributed by atoms with Crippen LogP contribution < -0.4 is 10.5 Å². The monoisotopic (exact) mass is 199 g/mol. The molecule has 0 saturated carbocycles. The quantitative estimate of drug-likeness (QED) is 0.750. The summed E-state index contributed by atoms with van der Waals surface area (Å²) in [6.07, 6.45) is 0.400. The summed E-state index contributed by atoms with van der Waals surface area (Å²) in [5, 5.41) is 8.77. The van der Waals surface area contributed by atoms with Crippen molar-refractivity contribution in [2.45, 2.75) is 12.5 Å². The molecule has 0 aliphatic carbocycles. The van der Waals surface area contributed by atoms with Gasteiger partial charge < -0.3 is 15.6 Å². The van der Waals surface area contributed by atoms with Gasteiger partial charge in [0.1, 0.15) is 11.6 Å². The Labute approximate surface area is 82.3 Å². The number of aliphatic hydroxyl groups is 1. The lowest BCUT2D eigenvalue weighted by atomic mass is 10.1. The van der Waals surface area contributed by atoms with E-state index in [0.29, 0.717) is 17.7 Å². The van der Waals surface area contributed by atoms with Crippen LogP contribution in [0.2, 0.25) is 0 Å². The summed E-state index contributed by atoms with van der Waals surface area (Å²) in [6, 6.07) is 3.86. The summed E-state index contributed by atoms with van der Waals surface area (Å²) in [4.78, 5) is 0. The van der Waals surface area contributed by atoms with Crippen molar-refractivity contribution in [2.75, 3.05) is 13.7 Å². The largest absolute Gasteiger partial charge is 0.496 e. The molecule has 3 N–H and O–H groups in total. The number of benzene rings is 1. The van der Waals surface area contributed by atoms with Gasteiger partial charge in [-0.2, -0.15) is 0 Å². The molecule has 3 nitrogen and oxygen atoms in total. The van der Waals surface area contributed by atoms with E-state index in [4.69, 9.17) is 15.6 Å². The first-order chi connectivity index (χ1) is 6.67. The van der Waals surface area contributed by atoms with Gasteiger partial charge in [-0.25, -0.2) is 4.39 Å². The highest BCUT2D eigenvalue weighted by Crippen LogP contribution is 2.20. The van der Waals surface area contributed by atoms with Gasteiger partial charge in [0.2, 0.25) is 0 Å². The lowest BCUT2D eigenvalue weighted by molar-refractivity contribution is 0.264. The van der Waals surface area contributed by atoms with Crippen LogP contribution in [0, 0.1) is 5.82 Å². The summed E-state index contributed by atoms with van der Waals surface area (Å²) in [5.74, 6) is 0.265. The van der Waals surface area contributed by atoms with E-state index in [2.05, 4.69) is 0 Å². The maximum Gasteiger partial charge on any atom is 0.123 e. The van der Waals surface area contributed by atoms with Gasteiger partial charge in [-0.3, -0.25) is 0 Å². The van der Waals surface area contributed by atoms with Gasteiger partial charge in [0.25, 0.3) is 0 Å². The Morgan fingerprint density at radius 2 is 2.29 bits per heavy atom.